The number of aliphatic hydroxyl groups excluding tert-OH is 1. The molecule has 0 saturated carbocycles. The molecular weight excluding hydrogens is 320 g/mol. The molecule has 0 aromatic heterocycles. The molecule has 0 saturated heterocycles. The van der Waals surface area contributed by atoms with Crippen LogP contribution in [0.15, 0.2) is 27.6 Å². The minimum atomic E-state index is -3.62. The van der Waals surface area contributed by atoms with Gasteiger partial charge in [0.05, 0.1) is 11.8 Å². The largest absolute Gasteiger partial charge is 0.398 e. The number of rotatable bonds is 6. The lowest BCUT2D eigenvalue weighted by Crippen LogP contribution is -2.27. The first-order valence-corrected chi connectivity index (χ1v) is 7.87. The first-order chi connectivity index (χ1) is 8.36. The summed E-state index contributed by atoms with van der Waals surface area (Å²) < 4.78 is 27.0. The molecule has 0 spiro atoms. The normalized spacial score (nSPS) is 13.5. The van der Waals surface area contributed by atoms with E-state index in [-0.39, 0.29) is 17.1 Å². The Kier molecular flexibility index (Phi) is 5.58. The highest BCUT2D eigenvalue weighted by atomic mass is 79.9. The molecule has 18 heavy (non-hydrogen) atoms. The molecule has 0 aliphatic heterocycles. The molecule has 5 nitrogen and oxygen atoms in total. The lowest BCUT2D eigenvalue weighted by molar-refractivity contribution is 0.162. The average molecular weight is 337 g/mol. The van der Waals surface area contributed by atoms with E-state index in [0.29, 0.717) is 12.8 Å². The minimum Gasteiger partial charge on any atom is -0.398 e. The number of hydrogen-bond donors (Lipinski definition) is 3. The summed E-state index contributed by atoms with van der Waals surface area (Å²) in [6.45, 7) is 2.03. The second kappa shape index (κ2) is 6.51. The summed E-state index contributed by atoms with van der Waals surface area (Å²) in [5, 5.41) is 9.35. The van der Waals surface area contributed by atoms with Crippen LogP contribution in [0.4, 0.5) is 5.69 Å². The van der Waals surface area contributed by atoms with Crippen LogP contribution in [0.5, 0.6) is 0 Å². The van der Waals surface area contributed by atoms with Crippen molar-refractivity contribution in [3.05, 3.63) is 22.7 Å². The number of nitrogens with two attached hydrogens (primary N) is 1. The van der Waals surface area contributed by atoms with E-state index in [9.17, 15) is 13.5 Å². The zero-order valence-corrected chi connectivity index (χ0v) is 12.5. The highest BCUT2D eigenvalue weighted by Crippen LogP contribution is 2.22. The average Bonchev–Trinajstić information content (AvgIpc) is 2.27. The number of nitrogen functional groups attached to an aromatic ring is 1. The van der Waals surface area contributed by atoms with E-state index in [1.807, 2.05) is 6.92 Å². The molecule has 102 valence electrons. The van der Waals surface area contributed by atoms with E-state index in [0.717, 1.165) is 4.47 Å². The number of nitrogens with one attached hydrogen (secondary N) is 1. The van der Waals surface area contributed by atoms with Crippen molar-refractivity contribution in [2.45, 2.75) is 30.8 Å². The molecule has 0 radical (unpaired) electrons. The van der Waals surface area contributed by atoms with Gasteiger partial charge in [-0.2, -0.15) is 0 Å². The second-order valence-electron chi connectivity index (χ2n) is 3.93. The zero-order chi connectivity index (χ0) is 13.8. The molecule has 4 N–H and O–H groups in total. The Bertz CT molecular complexity index is 505. The van der Waals surface area contributed by atoms with Crippen LogP contribution in [0.25, 0.3) is 0 Å². The number of halogens is 1. The first-order valence-electron chi connectivity index (χ1n) is 5.59. The summed E-state index contributed by atoms with van der Waals surface area (Å²) in [6, 6.07) is 4.60. The molecule has 1 rings (SSSR count). The van der Waals surface area contributed by atoms with Gasteiger partial charge in [0.25, 0.3) is 0 Å². The van der Waals surface area contributed by atoms with Gasteiger partial charge in [-0.1, -0.05) is 22.9 Å². The monoisotopic (exact) mass is 336 g/mol. The second-order valence-corrected chi connectivity index (χ2v) is 6.58. The Hall–Kier alpha value is -0.630. The third-order valence-corrected chi connectivity index (χ3v) is 4.53. The zero-order valence-electron chi connectivity index (χ0n) is 10.1. The Labute approximate surface area is 116 Å². The molecule has 1 unspecified atom stereocenters. The van der Waals surface area contributed by atoms with Gasteiger partial charge in [0.2, 0.25) is 10.0 Å². The van der Waals surface area contributed by atoms with Crippen molar-refractivity contribution in [3.8, 4) is 0 Å². The van der Waals surface area contributed by atoms with Gasteiger partial charge in [-0.05, 0) is 31.0 Å². The smallest absolute Gasteiger partial charge is 0.242 e. The van der Waals surface area contributed by atoms with Gasteiger partial charge in [0.1, 0.15) is 4.90 Å². The first kappa shape index (κ1) is 15.4. The molecule has 1 aromatic rings. The highest BCUT2D eigenvalue weighted by molar-refractivity contribution is 9.10. The van der Waals surface area contributed by atoms with Crippen LogP contribution < -0.4 is 10.5 Å². The fourth-order valence-electron chi connectivity index (χ4n) is 1.41. The van der Waals surface area contributed by atoms with Crippen molar-refractivity contribution in [1.82, 2.24) is 4.72 Å². The summed E-state index contributed by atoms with van der Waals surface area (Å²) in [5.74, 6) is 0. The maximum atomic E-state index is 11.9. The number of hydrogen-bond acceptors (Lipinski definition) is 4. The van der Waals surface area contributed by atoms with Crippen molar-refractivity contribution in [2.24, 2.45) is 0 Å². The predicted octanol–water partition coefficient (Wildman–Crippen LogP) is 1.47. The van der Waals surface area contributed by atoms with Crippen LogP contribution in [0.1, 0.15) is 19.8 Å². The van der Waals surface area contributed by atoms with Gasteiger partial charge in [-0.3, -0.25) is 0 Å². The van der Waals surface area contributed by atoms with Crippen LogP contribution in [-0.2, 0) is 10.0 Å². The Morgan fingerprint density at radius 1 is 1.50 bits per heavy atom. The number of anilines is 1. The number of aliphatic hydroxyl groups is 1. The standard InChI is InChI=1S/C11H17BrN2O3S/c1-2-9(15)5-6-14-18(16,17)11-4-3-8(12)7-10(11)13/h3-4,7,9,14-15H,2,5-6,13H2,1H3. The fraction of sp³-hybridized carbons (Fsp3) is 0.455. The SMILES string of the molecule is CCC(O)CCNS(=O)(=O)c1ccc(Br)cc1N. The van der Waals surface area contributed by atoms with Crippen LogP contribution >= 0.6 is 15.9 Å². The summed E-state index contributed by atoms with van der Waals surface area (Å²) in [6.07, 6.45) is 0.490. The molecule has 1 atom stereocenters. The number of sulfonamides is 1. The Balaban J connectivity index is 2.74. The van der Waals surface area contributed by atoms with Gasteiger partial charge in [0, 0.05) is 11.0 Å². The maximum Gasteiger partial charge on any atom is 0.242 e. The minimum absolute atomic E-state index is 0.0525. The summed E-state index contributed by atoms with van der Waals surface area (Å²) in [5.41, 5.74) is 5.85. The van der Waals surface area contributed by atoms with E-state index in [2.05, 4.69) is 20.7 Å². The van der Waals surface area contributed by atoms with Crippen molar-refractivity contribution < 1.29 is 13.5 Å². The van der Waals surface area contributed by atoms with Crippen LogP contribution in [0.3, 0.4) is 0 Å². The van der Waals surface area contributed by atoms with Crippen molar-refractivity contribution in [2.75, 3.05) is 12.3 Å². The van der Waals surface area contributed by atoms with E-state index >= 15 is 0 Å². The van der Waals surface area contributed by atoms with Crippen molar-refractivity contribution in [3.63, 3.8) is 0 Å². The molecule has 7 heteroatoms. The summed E-state index contributed by atoms with van der Waals surface area (Å²) >= 11 is 3.22. The van der Waals surface area contributed by atoms with Gasteiger partial charge in [-0.25, -0.2) is 13.1 Å². The molecule has 0 bridgehead atoms. The molecule has 1 aromatic carbocycles. The molecule has 0 aliphatic carbocycles. The summed E-state index contributed by atoms with van der Waals surface area (Å²) in [4.78, 5) is 0.0525. The van der Waals surface area contributed by atoms with Gasteiger partial charge in [-0.15, -0.1) is 0 Å². The van der Waals surface area contributed by atoms with Gasteiger partial charge >= 0.3 is 0 Å². The summed E-state index contributed by atoms with van der Waals surface area (Å²) in [7, 11) is -3.62. The Morgan fingerprint density at radius 3 is 2.72 bits per heavy atom. The quantitative estimate of drug-likeness (QED) is 0.686. The molecular formula is C11H17BrN2O3S. The van der Waals surface area contributed by atoms with Gasteiger partial charge in [0.15, 0.2) is 0 Å². The lowest BCUT2D eigenvalue weighted by Gasteiger charge is -2.11. The Morgan fingerprint density at radius 2 is 2.17 bits per heavy atom. The molecule has 0 fully saturated rings. The third kappa shape index (κ3) is 4.24. The topological polar surface area (TPSA) is 92.4 Å². The van der Waals surface area contributed by atoms with Crippen LogP contribution in [-0.4, -0.2) is 26.2 Å². The van der Waals surface area contributed by atoms with E-state index in [4.69, 9.17) is 5.73 Å². The molecule has 0 heterocycles. The third-order valence-electron chi connectivity index (χ3n) is 2.50. The van der Waals surface area contributed by atoms with Crippen molar-refractivity contribution >= 4 is 31.6 Å². The maximum absolute atomic E-state index is 11.9. The fourth-order valence-corrected chi connectivity index (χ4v) is 2.94. The lowest BCUT2D eigenvalue weighted by atomic mass is 10.2. The highest BCUT2D eigenvalue weighted by Gasteiger charge is 2.17. The van der Waals surface area contributed by atoms with E-state index in [1.54, 1.807) is 6.07 Å². The molecule has 0 aliphatic rings. The number of benzene rings is 1. The van der Waals surface area contributed by atoms with Crippen molar-refractivity contribution in [1.29, 1.82) is 0 Å². The van der Waals surface area contributed by atoms with Crippen LogP contribution in [0.2, 0.25) is 0 Å². The van der Waals surface area contributed by atoms with E-state index < -0.39 is 16.1 Å². The predicted molar refractivity (Wildman–Crippen MR) is 74.7 cm³/mol. The molecule has 0 amide bonds. The van der Waals surface area contributed by atoms with Gasteiger partial charge < -0.3 is 10.8 Å². The van der Waals surface area contributed by atoms with E-state index in [1.165, 1.54) is 12.1 Å². The van der Waals surface area contributed by atoms with Crippen LogP contribution in [0, 0.1) is 0 Å².